The van der Waals surface area contributed by atoms with Crippen LogP contribution in [0.15, 0.2) is 58.0 Å². The number of carbonyl (C=O) groups excluding carboxylic acids is 2. The molecule has 0 radical (unpaired) electrons. The van der Waals surface area contributed by atoms with Gasteiger partial charge in [-0.2, -0.15) is 0 Å². The normalized spacial score (nSPS) is 14.5. The topological polar surface area (TPSA) is 80.5 Å². The second-order valence-electron chi connectivity index (χ2n) is 4.92. The smallest absolute Gasteiger partial charge is 0.268 e. The molecule has 1 aliphatic heterocycles. The number of halogens is 2. The Balaban J connectivity index is 2.02. The summed E-state index contributed by atoms with van der Waals surface area (Å²) in [5.74, 6) is -1.20. The molecule has 0 unspecified atom stereocenters. The van der Waals surface area contributed by atoms with Gasteiger partial charge in [0.25, 0.3) is 17.5 Å². The van der Waals surface area contributed by atoms with Gasteiger partial charge in [-0.15, -0.1) is 0 Å². The van der Waals surface area contributed by atoms with Crippen molar-refractivity contribution in [1.82, 2.24) is 0 Å². The number of hydrogen-bond acceptors (Lipinski definition) is 4. The number of carbonyl (C=O) groups is 2. The van der Waals surface area contributed by atoms with Crippen molar-refractivity contribution in [3.63, 3.8) is 0 Å². The lowest BCUT2D eigenvalue weighted by atomic mass is 10.1. The number of benzene rings is 2. The van der Waals surface area contributed by atoms with Crippen LogP contribution in [0, 0.1) is 10.1 Å². The Bertz CT molecular complexity index is 909. The molecule has 6 nitrogen and oxygen atoms in total. The third-order valence-electron chi connectivity index (χ3n) is 3.46. The number of non-ortho nitro benzene ring substituents is 1. The summed E-state index contributed by atoms with van der Waals surface area (Å²) in [5, 5.41) is 10.5. The molecule has 0 fully saturated rings. The van der Waals surface area contributed by atoms with E-state index in [1.807, 2.05) is 0 Å². The molecule has 2 amide bonds. The highest BCUT2D eigenvalue weighted by molar-refractivity contribution is 9.10. The maximum atomic E-state index is 12.7. The summed E-state index contributed by atoms with van der Waals surface area (Å²) in [5.41, 5.74) is 0.642. The Labute approximate surface area is 149 Å². The van der Waals surface area contributed by atoms with Crippen molar-refractivity contribution in [2.24, 2.45) is 0 Å². The molecular weight excluding hydrogens is 400 g/mol. The standard InChI is InChI=1S/C16H8BrClN2O4/c17-10-2-1-3-12(8-10)19-15(21)13(14(18)16(19)22)9-4-6-11(7-5-9)20(23)24/h1-8H. The first kappa shape index (κ1) is 16.4. The van der Waals surface area contributed by atoms with Crippen molar-refractivity contribution < 1.29 is 14.5 Å². The summed E-state index contributed by atoms with van der Waals surface area (Å²) >= 11 is 9.35. The third-order valence-corrected chi connectivity index (χ3v) is 4.30. The van der Waals surface area contributed by atoms with E-state index in [2.05, 4.69) is 15.9 Å². The molecule has 24 heavy (non-hydrogen) atoms. The van der Waals surface area contributed by atoms with Crippen LogP contribution in [0.3, 0.4) is 0 Å². The van der Waals surface area contributed by atoms with Gasteiger partial charge in [0.2, 0.25) is 0 Å². The molecule has 0 aliphatic carbocycles. The second-order valence-corrected chi connectivity index (χ2v) is 6.21. The van der Waals surface area contributed by atoms with Crippen LogP contribution < -0.4 is 4.90 Å². The van der Waals surface area contributed by atoms with E-state index >= 15 is 0 Å². The second kappa shape index (κ2) is 6.18. The predicted molar refractivity (Wildman–Crippen MR) is 92.5 cm³/mol. The minimum absolute atomic E-state index is 0.0246. The molecule has 0 bridgehead atoms. The molecule has 120 valence electrons. The fraction of sp³-hybridized carbons (Fsp3) is 0. The van der Waals surface area contributed by atoms with Gasteiger partial charge in [0.05, 0.1) is 16.2 Å². The number of hydrogen-bond donors (Lipinski definition) is 0. The van der Waals surface area contributed by atoms with Crippen molar-refractivity contribution in [2.45, 2.75) is 0 Å². The Hall–Kier alpha value is -2.51. The van der Waals surface area contributed by atoms with Crippen molar-refractivity contribution in [3.8, 4) is 0 Å². The van der Waals surface area contributed by atoms with Gasteiger partial charge in [-0.05, 0) is 35.9 Å². The van der Waals surface area contributed by atoms with Crippen molar-refractivity contribution >= 4 is 56.3 Å². The molecule has 0 saturated carbocycles. The highest BCUT2D eigenvalue weighted by Gasteiger charge is 2.39. The summed E-state index contributed by atoms with van der Waals surface area (Å²) in [7, 11) is 0. The maximum absolute atomic E-state index is 12.7. The average Bonchev–Trinajstić information content (AvgIpc) is 2.77. The molecule has 1 aliphatic rings. The number of imide groups is 1. The highest BCUT2D eigenvalue weighted by atomic mass is 79.9. The molecule has 2 aromatic carbocycles. The van der Waals surface area contributed by atoms with Gasteiger partial charge < -0.3 is 0 Å². The van der Waals surface area contributed by atoms with Gasteiger partial charge in [0, 0.05) is 16.6 Å². The number of anilines is 1. The lowest BCUT2D eigenvalue weighted by molar-refractivity contribution is -0.384. The van der Waals surface area contributed by atoms with E-state index in [1.165, 1.54) is 24.3 Å². The Morgan fingerprint density at radius 1 is 1.04 bits per heavy atom. The first-order chi connectivity index (χ1) is 11.4. The van der Waals surface area contributed by atoms with E-state index in [1.54, 1.807) is 24.3 Å². The largest absolute Gasteiger partial charge is 0.277 e. The Morgan fingerprint density at radius 3 is 2.29 bits per heavy atom. The molecular formula is C16H8BrClN2O4. The summed E-state index contributed by atoms with van der Waals surface area (Å²) in [6.45, 7) is 0. The van der Waals surface area contributed by atoms with E-state index in [-0.39, 0.29) is 16.3 Å². The van der Waals surface area contributed by atoms with E-state index in [4.69, 9.17) is 11.6 Å². The van der Waals surface area contributed by atoms with Crippen LogP contribution in [-0.2, 0) is 9.59 Å². The van der Waals surface area contributed by atoms with Crippen LogP contribution in [0.25, 0.3) is 5.57 Å². The van der Waals surface area contributed by atoms with Gasteiger partial charge in [0.15, 0.2) is 0 Å². The zero-order chi connectivity index (χ0) is 17.4. The van der Waals surface area contributed by atoms with Gasteiger partial charge >= 0.3 is 0 Å². The minimum Gasteiger partial charge on any atom is -0.268 e. The summed E-state index contributed by atoms with van der Waals surface area (Å²) < 4.78 is 0.709. The molecule has 1 heterocycles. The van der Waals surface area contributed by atoms with Crippen LogP contribution in [0.1, 0.15) is 5.56 Å². The molecule has 0 spiro atoms. The van der Waals surface area contributed by atoms with Gasteiger partial charge in [0.1, 0.15) is 5.03 Å². The zero-order valence-electron chi connectivity index (χ0n) is 11.9. The maximum Gasteiger partial charge on any atom is 0.277 e. The van der Waals surface area contributed by atoms with Gasteiger partial charge in [-0.1, -0.05) is 33.6 Å². The fourth-order valence-electron chi connectivity index (χ4n) is 2.35. The molecule has 0 aromatic heterocycles. The molecule has 0 saturated heterocycles. The number of amides is 2. The van der Waals surface area contributed by atoms with E-state index in [0.717, 1.165) is 4.90 Å². The van der Waals surface area contributed by atoms with E-state index in [0.29, 0.717) is 15.7 Å². The molecule has 2 aromatic rings. The van der Waals surface area contributed by atoms with Crippen LogP contribution >= 0.6 is 27.5 Å². The van der Waals surface area contributed by atoms with Crippen LogP contribution in [-0.4, -0.2) is 16.7 Å². The van der Waals surface area contributed by atoms with Crippen LogP contribution in [0.5, 0.6) is 0 Å². The number of nitro benzene ring substituents is 1. The van der Waals surface area contributed by atoms with Crippen molar-refractivity contribution in [1.29, 1.82) is 0 Å². The first-order valence-electron chi connectivity index (χ1n) is 6.69. The van der Waals surface area contributed by atoms with E-state index < -0.39 is 16.7 Å². The van der Waals surface area contributed by atoms with Crippen molar-refractivity contribution in [3.05, 3.63) is 73.7 Å². The molecule has 3 rings (SSSR count). The summed E-state index contributed by atoms with van der Waals surface area (Å²) in [4.78, 5) is 36.2. The zero-order valence-corrected chi connectivity index (χ0v) is 14.2. The van der Waals surface area contributed by atoms with Crippen LogP contribution in [0.2, 0.25) is 0 Å². The minimum atomic E-state index is -0.631. The molecule has 0 atom stereocenters. The van der Waals surface area contributed by atoms with Crippen molar-refractivity contribution in [2.75, 3.05) is 4.90 Å². The number of rotatable bonds is 3. The quantitative estimate of drug-likeness (QED) is 0.439. The Morgan fingerprint density at radius 2 is 1.71 bits per heavy atom. The third kappa shape index (κ3) is 2.72. The summed E-state index contributed by atoms with van der Waals surface area (Å²) in [6.07, 6.45) is 0. The number of nitro groups is 1. The molecule has 0 N–H and O–H groups in total. The monoisotopic (exact) mass is 406 g/mol. The lowest BCUT2D eigenvalue weighted by Gasteiger charge is -2.15. The first-order valence-corrected chi connectivity index (χ1v) is 7.86. The SMILES string of the molecule is O=C1C(Cl)=C(c2ccc([N+](=O)[O-])cc2)C(=O)N1c1cccc(Br)c1. The highest BCUT2D eigenvalue weighted by Crippen LogP contribution is 2.35. The fourth-order valence-corrected chi connectivity index (χ4v) is 3.01. The number of nitrogens with zero attached hydrogens (tertiary/aromatic N) is 2. The van der Waals surface area contributed by atoms with Gasteiger partial charge in [-0.25, -0.2) is 4.90 Å². The average molecular weight is 408 g/mol. The Kier molecular flexibility index (Phi) is 4.21. The van der Waals surface area contributed by atoms with Gasteiger partial charge in [-0.3, -0.25) is 19.7 Å². The van der Waals surface area contributed by atoms with E-state index in [9.17, 15) is 19.7 Å². The lowest BCUT2D eigenvalue weighted by Crippen LogP contribution is -2.31. The molecule has 8 heteroatoms. The van der Waals surface area contributed by atoms with Crippen LogP contribution in [0.4, 0.5) is 11.4 Å². The predicted octanol–water partition coefficient (Wildman–Crippen LogP) is 3.88. The summed E-state index contributed by atoms with van der Waals surface area (Å²) in [6, 6.07) is 12.0.